The van der Waals surface area contributed by atoms with Gasteiger partial charge in [-0.15, -0.1) is 0 Å². The number of nitrogens with two attached hydrogens (primary N) is 1. The molecule has 0 aliphatic heterocycles. The first kappa shape index (κ1) is 12.9. The van der Waals surface area contributed by atoms with Crippen LogP contribution in [0.1, 0.15) is 32.6 Å². The summed E-state index contributed by atoms with van der Waals surface area (Å²) in [6.45, 7) is 4.40. The lowest BCUT2D eigenvalue weighted by Crippen LogP contribution is -2.30. The van der Waals surface area contributed by atoms with Crippen LogP contribution in [0.3, 0.4) is 0 Å². The monoisotopic (exact) mass is 215 g/mol. The Bertz CT molecular complexity index is 164. The Morgan fingerprint density at radius 3 is 2.53 bits per heavy atom. The van der Waals surface area contributed by atoms with E-state index in [0.717, 1.165) is 13.2 Å². The van der Waals surface area contributed by atoms with Crippen molar-refractivity contribution in [3.05, 3.63) is 0 Å². The van der Waals surface area contributed by atoms with Crippen LogP contribution in [0, 0.1) is 11.8 Å². The van der Waals surface area contributed by atoms with Gasteiger partial charge in [0, 0.05) is 13.7 Å². The van der Waals surface area contributed by atoms with Gasteiger partial charge in [0.05, 0.1) is 12.7 Å². The Kier molecular flexibility index (Phi) is 6.22. The zero-order valence-electron chi connectivity index (χ0n) is 10.1. The molecular weight excluding hydrogens is 190 g/mol. The predicted octanol–water partition coefficient (Wildman–Crippen LogP) is 1.80. The van der Waals surface area contributed by atoms with Gasteiger partial charge in [-0.05, 0) is 38.1 Å². The topological polar surface area (TPSA) is 44.5 Å². The van der Waals surface area contributed by atoms with Crippen LogP contribution in [-0.4, -0.2) is 33.0 Å². The van der Waals surface area contributed by atoms with Crippen LogP contribution in [0.15, 0.2) is 0 Å². The summed E-state index contributed by atoms with van der Waals surface area (Å²) in [7, 11) is 1.72. The van der Waals surface area contributed by atoms with Gasteiger partial charge in [-0.25, -0.2) is 0 Å². The number of rotatable bonds is 6. The molecule has 1 fully saturated rings. The van der Waals surface area contributed by atoms with Crippen molar-refractivity contribution in [3.63, 3.8) is 0 Å². The van der Waals surface area contributed by atoms with Crippen molar-refractivity contribution in [1.82, 2.24) is 0 Å². The first-order chi connectivity index (χ1) is 7.27. The average Bonchev–Trinajstić information content (AvgIpc) is 2.29. The van der Waals surface area contributed by atoms with Crippen molar-refractivity contribution < 1.29 is 9.47 Å². The van der Waals surface area contributed by atoms with Crippen LogP contribution in [0.5, 0.6) is 0 Å². The van der Waals surface area contributed by atoms with Crippen LogP contribution >= 0.6 is 0 Å². The summed E-state index contributed by atoms with van der Waals surface area (Å²) in [6, 6.07) is 0. The van der Waals surface area contributed by atoms with E-state index in [4.69, 9.17) is 15.2 Å². The molecule has 0 bridgehead atoms. The zero-order valence-corrected chi connectivity index (χ0v) is 10.1. The molecule has 90 valence electrons. The van der Waals surface area contributed by atoms with Crippen LogP contribution in [-0.2, 0) is 9.47 Å². The molecule has 1 aliphatic carbocycles. The SMILES string of the molecule is COC(C)COCC1CCCCC1CN. The van der Waals surface area contributed by atoms with Crippen molar-refractivity contribution >= 4 is 0 Å². The van der Waals surface area contributed by atoms with E-state index in [9.17, 15) is 0 Å². The van der Waals surface area contributed by atoms with Crippen molar-refractivity contribution in [3.8, 4) is 0 Å². The highest BCUT2D eigenvalue weighted by Gasteiger charge is 2.23. The maximum atomic E-state index is 5.77. The highest BCUT2D eigenvalue weighted by molar-refractivity contribution is 4.75. The van der Waals surface area contributed by atoms with E-state index in [1.807, 2.05) is 6.92 Å². The van der Waals surface area contributed by atoms with Gasteiger partial charge in [-0.3, -0.25) is 0 Å². The maximum Gasteiger partial charge on any atom is 0.0776 e. The summed E-state index contributed by atoms with van der Waals surface area (Å²) in [4.78, 5) is 0. The minimum absolute atomic E-state index is 0.199. The van der Waals surface area contributed by atoms with Gasteiger partial charge >= 0.3 is 0 Å². The number of ether oxygens (including phenoxy) is 2. The molecule has 1 aliphatic rings. The lowest BCUT2D eigenvalue weighted by Gasteiger charge is -2.30. The molecule has 0 saturated heterocycles. The molecule has 1 saturated carbocycles. The first-order valence-corrected chi connectivity index (χ1v) is 6.08. The van der Waals surface area contributed by atoms with Gasteiger partial charge in [0.1, 0.15) is 0 Å². The van der Waals surface area contributed by atoms with Crippen LogP contribution < -0.4 is 5.73 Å². The van der Waals surface area contributed by atoms with Gasteiger partial charge in [0.2, 0.25) is 0 Å². The molecule has 1 rings (SSSR count). The Morgan fingerprint density at radius 1 is 1.27 bits per heavy atom. The molecule has 0 radical (unpaired) electrons. The van der Waals surface area contributed by atoms with E-state index in [-0.39, 0.29) is 6.10 Å². The average molecular weight is 215 g/mol. The standard InChI is InChI=1S/C12H25NO2/c1-10(14-2)8-15-9-12-6-4-3-5-11(12)7-13/h10-12H,3-9,13H2,1-2H3. The molecule has 0 aromatic carbocycles. The third kappa shape index (κ3) is 4.49. The summed E-state index contributed by atoms with van der Waals surface area (Å²) < 4.78 is 10.8. The van der Waals surface area contributed by atoms with E-state index in [0.29, 0.717) is 18.4 Å². The summed E-state index contributed by atoms with van der Waals surface area (Å²) in [5, 5.41) is 0. The molecular formula is C12H25NO2. The Balaban J connectivity index is 2.17. The van der Waals surface area contributed by atoms with Gasteiger partial charge in [-0.2, -0.15) is 0 Å². The highest BCUT2D eigenvalue weighted by Crippen LogP contribution is 2.29. The second-order valence-corrected chi connectivity index (χ2v) is 4.62. The summed E-state index contributed by atoms with van der Waals surface area (Å²) in [5.41, 5.74) is 5.77. The summed E-state index contributed by atoms with van der Waals surface area (Å²) in [6.07, 6.45) is 5.44. The molecule has 2 N–H and O–H groups in total. The Labute approximate surface area is 93.3 Å². The minimum atomic E-state index is 0.199. The molecule has 3 atom stereocenters. The Morgan fingerprint density at radius 2 is 1.93 bits per heavy atom. The minimum Gasteiger partial charge on any atom is -0.379 e. The first-order valence-electron chi connectivity index (χ1n) is 6.08. The quantitative estimate of drug-likeness (QED) is 0.735. The fourth-order valence-corrected chi connectivity index (χ4v) is 2.27. The lowest BCUT2D eigenvalue weighted by molar-refractivity contribution is -0.00669. The molecule has 0 heterocycles. The van der Waals surface area contributed by atoms with Gasteiger partial charge in [-0.1, -0.05) is 12.8 Å². The summed E-state index contributed by atoms with van der Waals surface area (Å²) in [5.74, 6) is 1.35. The van der Waals surface area contributed by atoms with Gasteiger partial charge in [0.15, 0.2) is 0 Å². The number of methoxy groups -OCH3 is 1. The maximum absolute atomic E-state index is 5.77. The van der Waals surface area contributed by atoms with Crippen LogP contribution in [0.25, 0.3) is 0 Å². The highest BCUT2D eigenvalue weighted by atomic mass is 16.5. The zero-order chi connectivity index (χ0) is 11.1. The molecule has 0 aromatic rings. The van der Waals surface area contributed by atoms with Gasteiger partial charge < -0.3 is 15.2 Å². The van der Waals surface area contributed by atoms with Crippen molar-refractivity contribution in [2.75, 3.05) is 26.9 Å². The molecule has 15 heavy (non-hydrogen) atoms. The molecule has 3 heteroatoms. The van der Waals surface area contributed by atoms with Crippen LogP contribution in [0.2, 0.25) is 0 Å². The van der Waals surface area contributed by atoms with E-state index in [2.05, 4.69) is 0 Å². The number of hydrogen-bond donors (Lipinski definition) is 1. The second kappa shape index (κ2) is 7.20. The fourth-order valence-electron chi connectivity index (χ4n) is 2.27. The van der Waals surface area contributed by atoms with Crippen LogP contribution in [0.4, 0.5) is 0 Å². The van der Waals surface area contributed by atoms with E-state index < -0.39 is 0 Å². The molecule has 3 nitrogen and oxygen atoms in total. The Hall–Kier alpha value is -0.120. The number of hydrogen-bond acceptors (Lipinski definition) is 3. The third-order valence-electron chi connectivity index (χ3n) is 3.46. The van der Waals surface area contributed by atoms with Crippen molar-refractivity contribution in [2.45, 2.75) is 38.7 Å². The largest absolute Gasteiger partial charge is 0.379 e. The smallest absolute Gasteiger partial charge is 0.0776 e. The molecule has 3 unspecified atom stereocenters. The van der Waals surface area contributed by atoms with Crippen molar-refractivity contribution in [1.29, 1.82) is 0 Å². The molecule has 0 aromatic heterocycles. The lowest BCUT2D eigenvalue weighted by atomic mass is 9.80. The van der Waals surface area contributed by atoms with Gasteiger partial charge in [0.25, 0.3) is 0 Å². The third-order valence-corrected chi connectivity index (χ3v) is 3.46. The van der Waals surface area contributed by atoms with E-state index >= 15 is 0 Å². The molecule has 0 spiro atoms. The predicted molar refractivity (Wildman–Crippen MR) is 61.8 cm³/mol. The molecule has 0 amide bonds. The fraction of sp³-hybridized carbons (Fsp3) is 1.00. The van der Waals surface area contributed by atoms with E-state index in [1.165, 1.54) is 25.7 Å². The van der Waals surface area contributed by atoms with E-state index in [1.54, 1.807) is 7.11 Å². The second-order valence-electron chi connectivity index (χ2n) is 4.62. The van der Waals surface area contributed by atoms with Crippen molar-refractivity contribution in [2.24, 2.45) is 17.6 Å². The summed E-state index contributed by atoms with van der Waals surface area (Å²) >= 11 is 0. The normalized spacial score (nSPS) is 29.0.